The average Bonchev–Trinajstić information content (AvgIpc) is 3.19. The smallest absolute Gasteiger partial charge is 0.189 e. The molecule has 234 valence electrons. The van der Waals surface area contributed by atoms with Gasteiger partial charge in [-0.2, -0.15) is 10.5 Å². The minimum atomic E-state index is 0.407. The summed E-state index contributed by atoms with van der Waals surface area (Å²) < 4.78 is 0. The molecule has 0 radical (unpaired) electrons. The maximum atomic E-state index is 9.62. The lowest BCUT2D eigenvalue weighted by Gasteiger charge is -2.17. The minimum absolute atomic E-state index is 0.407. The van der Waals surface area contributed by atoms with Crippen molar-refractivity contribution >= 4 is 44.1 Å². The minimum Gasteiger partial charge on any atom is -0.247 e. The quantitative estimate of drug-likeness (QED) is 0.140. The highest BCUT2D eigenvalue weighted by Crippen LogP contribution is 2.41. The zero-order valence-corrected chi connectivity index (χ0v) is 27.2. The second-order valence-corrected chi connectivity index (χ2v) is 12.1. The SMILES string of the molecule is [C-]#[N+]c1ccc(-c2nc3cc(C)c4c(-c5cccc(-c6cc(C#N)cc([N+]#[C-])c6)c5)nc5ccccc5c4c3nc2-c2ccc(C#N)cc2)cc1. The van der Waals surface area contributed by atoms with Gasteiger partial charge >= 0.3 is 0 Å². The van der Waals surface area contributed by atoms with Crippen LogP contribution in [0.3, 0.4) is 0 Å². The molecule has 0 spiro atoms. The van der Waals surface area contributed by atoms with E-state index in [2.05, 4.69) is 34.8 Å². The number of hydrogen-bond acceptors (Lipinski definition) is 5. The molecule has 0 fully saturated rings. The maximum absolute atomic E-state index is 9.62. The number of pyridine rings is 1. The van der Waals surface area contributed by atoms with Gasteiger partial charge < -0.3 is 0 Å². The number of benzene rings is 6. The van der Waals surface area contributed by atoms with Crippen molar-refractivity contribution in [2.45, 2.75) is 6.92 Å². The summed E-state index contributed by atoms with van der Waals surface area (Å²) in [4.78, 5) is 23.0. The molecule has 0 aliphatic carbocycles. The molecule has 51 heavy (non-hydrogen) atoms. The van der Waals surface area contributed by atoms with E-state index >= 15 is 0 Å². The molecule has 2 aromatic heterocycles. The Labute approximate surface area is 293 Å². The van der Waals surface area contributed by atoms with E-state index in [-0.39, 0.29) is 0 Å². The standard InChI is InChI=1S/C44H23N7/c1-26-19-38-44(51-43(29-13-11-27(24-45)12-14-29)42(50-38)30-15-17-34(47-2)18-16-30)40-36-9-4-5-10-37(36)49-41(39(26)40)32-8-6-7-31(22-32)33-20-28(25-46)21-35(23-33)48-3/h4-23H,1H3. The summed E-state index contributed by atoms with van der Waals surface area (Å²) in [5, 5.41) is 21.9. The second-order valence-electron chi connectivity index (χ2n) is 12.1. The van der Waals surface area contributed by atoms with Gasteiger partial charge in [0.2, 0.25) is 0 Å². The number of fused-ring (bicyclic) bond motifs is 5. The third-order valence-corrected chi connectivity index (χ3v) is 9.00. The first-order valence-corrected chi connectivity index (χ1v) is 16.0. The van der Waals surface area contributed by atoms with Gasteiger partial charge in [-0.1, -0.05) is 72.8 Å². The molecule has 0 N–H and O–H groups in total. The summed E-state index contributed by atoms with van der Waals surface area (Å²) in [6, 6.07) is 42.3. The Hall–Kier alpha value is -7.71. The molecule has 0 unspecified atom stereocenters. The van der Waals surface area contributed by atoms with Crippen LogP contribution in [0.1, 0.15) is 16.7 Å². The number of para-hydroxylation sites is 1. The van der Waals surface area contributed by atoms with Gasteiger partial charge in [-0.15, -0.1) is 0 Å². The Balaban J connectivity index is 1.44. The zero-order chi connectivity index (χ0) is 35.1. The molecule has 7 heteroatoms. The molecule has 0 bridgehead atoms. The van der Waals surface area contributed by atoms with Crippen LogP contribution in [0.2, 0.25) is 0 Å². The number of hydrogen-bond donors (Lipinski definition) is 0. The summed E-state index contributed by atoms with van der Waals surface area (Å²) in [6.45, 7) is 17.0. The molecule has 7 nitrogen and oxygen atoms in total. The van der Waals surface area contributed by atoms with Gasteiger partial charge in [0.25, 0.3) is 0 Å². The van der Waals surface area contributed by atoms with Crippen LogP contribution in [-0.2, 0) is 0 Å². The Morgan fingerprint density at radius 3 is 1.90 bits per heavy atom. The average molecular weight is 650 g/mol. The molecule has 8 aromatic rings. The lowest BCUT2D eigenvalue weighted by Crippen LogP contribution is -1.99. The zero-order valence-electron chi connectivity index (χ0n) is 27.2. The van der Waals surface area contributed by atoms with Crippen LogP contribution in [0.25, 0.3) is 87.3 Å². The molecule has 0 saturated heterocycles. The van der Waals surface area contributed by atoms with Gasteiger partial charge in [-0.25, -0.2) is 24.6 Å². The van der Waals surface area contributed by atoms with Gasteiger partial charge in [-0.3, -0.25) is 0 Å². The second kappa shape index (κ2) is 12.4. The fraction of sp³-hybridized carbons (Fsp3) is 0.0227. The summed E-state index contributed by atoms with van der Waals surface area (Å²) >= 11 is 0. The summed E-state index contributed by atoms with van der Waals surface area (Å²) in [5.41, 5.74) is 11.4. The molecule has 0 aliphatic heterocycles. The normalized spacial score (nSPS) is 10.8. The van der Waals surface area contributed by atoms with Crippen LogP contribution in [0.5, 0.6) is 0 Å². The largest absolute Gasteiger partial charge is 0.247 e. The molecule has 0 atom stereocenters. The van der Waals surface area contributed by atoms with E-state index in [1.165, 1.54) is 0 Å². The number of aromatic nitrogens is 3. The number of rotatable bonds is 4. The van der Waals surface area contributed by atoms with E-state index in [0.717, 1.165) is 71.8 Å². The Morgan fingerprint density at radius 2 is 1.18 bits per heavy atom. The van der Waals surface area contributed by atoms with Crippen LogP contribution in [0.15, 0.2) is 121 Å². The van der Waals surface area contributed by atoms with Crippen molar-refractivity contribution in [2.75, 3.05) is 0 Å². The maximum Gasteiger partial charge on any atom is 0.189 e. The van der Waals surface area contributed by atoms with Crippen molar-refractivity contribution < 1.29 is 0 Å². The monoisotopic (exact) mass is 649 g/mol. The fourth-order valence-corrected chi connectivity index (χ4v) is 6.61. The van der Waals surface area contributed by atoms with Gasteiger partial charge in [0, 0.05) is 32.8 Å². The van der Waals surface area contributed by atoms with Crippen molar-refractivity contribution in [3.63, 3.8) is 0 Å². The Kier molecular flexibility index (Phi) is 7.44. The lowest BCUT2D eigenvalue weighted by atomic mass is 9.93. The predicted octanol–water partition coefficient (Wildman–Crippen LogP) is 11.2. The first-order valence-electron chi connectivity index (χ1n) is 16.0. The third-order valence-electron chi connectivity index (χ3n) is 9.00. The first kappa shape index (κ1) is 30.6. The van der Waals surface area contributed by atoms with E-state index in [1.54, 1.807) is 42.5 Å². The van der Waals surface area contributed by atoms with Gasteiger partial charge in [0.1, 0.15) is 0 Å². The molecule has 8 rings (SSSR count). The topological polar surface area (TPSA) is 95.0 Å². The van der Waals surface area contributed by atoms with Crippen molar-refractivity contribution in [1.29, 1.82) is 10.5 Å². The van der Waals surface area contributed by atoms with Crippen LogP contribution in [0, 0.1) is 42.7 Å². The Morgan fingerprint density at radius 1 is 0.510 bits per heavy atom. The highest BCUT2D eigenvalue weighted by atomic mass is 14.8. The van der Waals surface area contributed by atoms with E-state index in [0.29, 0.717) is 33.9 Å². The van der Waals surface area contributed by atoms with Crippen LogP contribution in [0.4, 0.5) is 11.4 Å². The molecule has 0 amide bonds. The number of nitriles is 2. The fourth-order valence-electron chi connectivity index (χ4n) is 6.61. The van der Waals surface area contributed by atoms with Crippen LogP contribution < -0.4 is 0 Å². The van der Waals surface area contributed by atoms with Crippen LogP contribution >= 0.6 is 0 Å². The van der Waals surface area contributed by atoms with E-state index < -0.39 is 0 Å². The van der Waals surface area contributed by atoms with E-state index in [9.17, 15) is 10.5 Å². The van der Waals surface area contributed by atoms with Crippen molar-refractivity contribution in [3.05, 3.63) is 161 Å². The van der Waals surface area contributed by atoms with Crippen molar-refractivity contribution in [1.82, 2.24) is 15.0 Å². The first-order chi connectivity index (χ1) is 25.0. The molecule has 2 heterocycles. The molecule has 0 saturated carbocycles. The van der Waals surface area contributed by atoms with Gasteiger partial charge in [0.15, 0.2) is 11.4 Å². The lowest BCUT2D eigenvalue weighted by molar-refractivity contribution is 1.29. The highest BCUT2D eigenvalue weighted by molar-refractivity contribution is 6.22. The highest BCUT2D eigenvalue weighted by Gasteiger charge is 2.21. The molecule has 6 aromatic carbocycles. The van der Waals surface area contributed by atoms with Gasteiger partial charge in [0.05, 0.1) is 64.5 Å². The van der Waals surface area contributed by atoms with Crippen molar-refractivity contribution in [2.24, 2.45) is 0 Å². The molecular formula is C44H23N7. The van der Waals surface area contributed by atoms with E-state index in [4.69, 9.17) is 28.1 Å². The van der Waals surface area contributed by atoms with Crippen LogP contribution in [-0.4, -0.2) is 15.0 Å². The van der Waals surface area contributed by atoms with Crippen molar-refractivity contribution in [3.8, 4) is 57.0 Å². The number of nitrogens with zero attached hydrogens (tertiary/aromatic N) is 7. The Bertz CT molecular complexity index is 2870. The van der Waals surface area contributed by atoms with E-state index in [1.807, 2.05) is 72.8 Å². The molecular weight excluding hydrogens is 627 g/mol. The predicted molar refractivity (Wildman–Crippen MR) is 201 cm³/mol. The summed E-state index contributed by atoms with van der Waals surface area (Å²) in [6.07, 6.45) is 0. The summed E-state index contributed by atoms with van der Waals surface area (Å²) in [7, 11) is 0. The molecule has 0 aliphatic rings. The van der Waals surface area contributed by atoms with Gasteiger partial charge in [-0.05, 0) is 77.7 Å². The summed E-state index contributed by atoms with van der Waals surface area (Å²) in [5.74, 6) is 0. The number of aryl methyl sites for hydroxylation is 1. The third kappa shape index (κ3) is 5.35.